The summed E-state index contributed by atoms with van der Waals surface area (Å²) in [5, 5.41) is 7.72. The highest BCUT2D eigenvalue weighted by Gasteiger charge is 2.04. The van der Waals surface area contributed by atoms with Crippen molar-refractivity contribution in [2.24, 2.45) is 0 Å². The second-order valence-electron chi connectivity index (χ2n) is 5.20. The molecule has 0 aliphatic rings. The van der Waals surface area contributed by atoms with E-state index < -0.39 is 0 Å². The summed E-state index contributed by atoms with van der Waals surface area (Å²) in [7, 11) is 0. The van der Waals surface area contributed by atoms with Crippen molar-refractivity contribution in [2.75, 3.05) is 5.32 Å². The number of hydrogen-bond acceptors (Lipinski definition) is 3. The zero-order chi connectivity index (χ0) is 16.1. The first-order valence-corrected chi connectivity index (χ1v) is 8.19. The molecular weight excluding hydrogens is 306 g/mol. The van der Waals surface area contributed by atoms with Crippen LogP contribution < -0.4 is 10.6 Å². The quantitative estimate of drug-likeness (QED) is 0.746. The minimum absolute atomic E-state index is 0.218. The summed E-state index contributed by atoms with van der Waals surface area (Å²) in [5.41, 5.74) is 3.84. The van der Waals surface area contributed by atoms with Crippen molar-refractivity contribution in [3.63, 3.8) is 0 Å². The Morgan fingerprint density at radius 1 is 1.17 bits per heavy atom. The number of benzene rings is 1. The smallest absolute Gasteiger partial charge is 0.319 e. The molecule has 2 N–H and O–H groups in total. The Kier molecular flexibility index (Phi) is 4.68. The minimum Gasteiger partial charge on any atom is -0.334 e. The summed E-state index contributed by atoms with van der Waals surface area (Å²) in [6, 6.07) is 15.4. The molecule has 2 heterocycles. The molecule has 2 amide bonds. The molecule has 3 aromatic rings. The summed E-state index contributed by atoms with van der Waals surface area (Å²) in [5.74, 6) is 0. The molecule has 0 fully saturated rings. The summed E-state index contributed by atoms with van der Waals surface area (Å²) < 4.78 is 0. The van der Waals surface area contributed by atoms with E-state index in [0.717, 1.165) is 27.4 Å². The maximum Gasteiger partial charge on any atom is 0.319 e. The van der Waals surface area contributed by atoms with Crippen LogP contribution in [0.1, 0.15) is 11.1 Å². The number of thiophene rings is 1. The lowest BCUT2D eigenvalue weighted by molar-refractivity contribution is 0.251. The van der Waals surface area contributed by atoms with Crippen LogP contribution in [0.3, 0.4) is 0 Å². The molecule has 0 atom stereocenters. The van der Waals surface area contributed by atoms with Crippen molar-refractivity contribution in [3.05, 3.63) is 71.2 Å². The third-order valence-corrected chi connectivity index (χ3v) is 4.22. The van der Waals surface area contributed by atoms with E-state index in [1.165, 1.54) is 0 Å². The van der Waals surface area contributed by atoms with Gasteiger partial charge in [0.1, 0.15) is 0 Å². The van der Waals surface area contributed by atoms with Crippen LogP contribution in [0.25, 0.3) is 10.6 Å². The molecule has 1 aromatic carbocycles. The van der Waals surface area contributed by atoms with Crippen LogP contribution in [-0.2, 0) is 6.54 Å². The van der Waals surface area contributed by atoms with Gasteiger partial charge in [-0.1, -0.05) is 18.2 Å². The Balaban J connectivity index is 1.60. The minimum atomic E-state index is -0.218. The second-order valence-corrected chi connectivity index (χ2v) is 6.15. The van der Waals surface area contributed by atoms with E-state index in [4.69, 9.17) is 0 Å². The number of carbonyl (C=O) groups excluding carboxylic acids is 1. The number of aromatic nitrogens is 1. The standard InChI is InChI=1S/C18H17N3OS/c1-13-4-2-5-15(10-13)21-18(22)20-12-14-7-8-19-16(11-14)17-6-3-9-23-17/h2-11H,12H2,1H3,(H2,20,21,22). The molecular formula is C18H17N3OS. The molecule has 116 valence electrons. The van der Waals surface area contributed by atoms with Crippen molar-refractivity contribution in [2.45, 2.75) is 13.5 Å². The topological polar surface area (TPSA) is 54.0 Å². The zero-order valence-corrected chi connectivity index (χ0v) is 13.6. The first-order valence-electron chi connectivity index (χ1n) is 7.31. The number of nitrogens with one attached hydrogen (secondary N) is 2. The number of amides is 2. The maximum atomic E-state index is 12.0. The number of nitrogens with zero attached hydrogens (tertiary/aromatic N) is 1. The number of carbonyl (C=O) groups is 1. The third-order valence-electron chi connectivity index (χ3n) is 3.33. The molecule has 5 heteroatoms. The summed E-state index contributed by atoms with van der Waals surface area (Å²) in [6.07, 6.45) is 1.77. The molecule has 3 rings (SSSR count). The summed E-state index contributed by atoms with van der Waals surface area (Å²) >= 11 is 1.65. The van der Waals surface area contributed by atoms with Gasteiger partial charge in [-0.05, 0) is 53.8 Å². The molecule has 0 radical (unpaired) electrons. The van der Waals surface area contributed by atoms with Gasteiger partial charge in [0, 0.05) is 18.4 Å². The van der Waals surface area contributed by atoms with E-state index in [9.17, 15) is 4.79 Å². The normalized spacial score (nSPS) is 10.3. The van der Waals surface area contributed by atoms with Crippen molar-refractivity contribution >= 4 is 23.1 Å². The SMILES string of the molecule is Cc1cccc(NC(=O)NCc2ccnc(-c3cccs3)c2)c1. The van der Waals surface area contributed by atoms with E-state index >= 15 is 0 Å². The fraction of sp³-hybridized carbons (Fsp3) is 0.111. The molecule has 2 aromatic heterocycles. The van der Waals surface area contributed by atoms with Gasteiger partial charge in [0.2, 0.25) is 0 Å². The highest BCUT2D eigenvalue weighted by molar-refractivity contribution is 7.13. The van der Waals surface area contributed by atoms with Gasteiger partial charge in [0.15, 0.2) is 0 Å². The van der Waals surface area contributed by atoms with Crippen LogP contribution in [0.4, 0.5) is 10.5 Å². The van der Waals surface area contributed by atoms with Crippen molar-refractivity contribution in [1.82, 2.24) is 10.3 Å². The fourth-order valence-electron chi connectivity index (χ4n) is 2.22. The van der Waals surface area contributed by atoms with Crippen LogP contribution in [-0.4, -0.2) is 11.0 Å². The molecule has 0 unspecified atom stereocenters. The van der Waals surface area contributed by atoms with Gasteiger partial charge < -0.3 is 10.6 Å². The Hall–Kier alpha value is -2.66. The Bertz CT molecular complexity index is 800. The molecule has 23 heavy (non-hydrogen) atoms. The van der Waals surface area contributed by atoms with Crippen LogP contribution >= 0.6 is 11.3 Å². The van der Waals surface area contributed by atoms with Crippen molar-refractivity contribution in [3.8, 4) is 10.6 Å². The van der Waals surface area contributed by atoms with Crippen molar-refractivity contribution in [1.29, 1.82) is 0 Å². The van der Waals surface area contributed by atoms with Crippen LogP contribution in [0.5, 0.6) is 0 Å². The van der Waals surface area contributed by atoms with Gasteiger partial charge in [-0.2, -0.15) is 0 Å². The van der Waals surface area contributed by atoms with Crippen LogP contribution in [0.2, 0.25) is 0 Å². The number of hydrogen-bond donors (Lipinski definition) is 2. The highest BCUT2D eigenvalue weighted by atomic mass is 32.1. The van der Waals surface area contributed by atoms with Crippen LogP contribution in [0.15, 0.2) is 60.1 Å². The lowest BCUT2D eigenvalue weighted by atomic mass is 10.2. The summed E-state index contributed by atoms with van der Waals surface area (Å²) in [4.78, 5) is 17.5. The Morgan fingerprint density at radius 3 is 2.87 bits per heavy atom. The summed E-state index contributed by atoms with van der Waals surface area (Å²) in [6.45, 7) is 2.45. The molecule has 0 bridgehead atoms. The fourth-order valence-corrected chi connectivity index (χ4v) is 2.92. The molecule has 0 spiro atoms. The number of anilines is 1. The monoisotopic (exact) mass is 323 g/mol. The average molecular weight is 323 g/mol. The van der Waals surface area contributed by atoms with Crippen LogP contribution in [0, 0.1) is 6.92 Å². The first-order chi connectivity index (χ1) is 11.2. The van der Waals surface area contributed by atoms with Gasteiger partial charge in [-0.25, -0.2) is 4.79 Å². The predicted octanol–water partition coefficient (Wildman–Crippen LogP) is 4.44. The molecule has 0 saturated carbocycles. The first kappa shape index (κ1) is 15.2. The van der Waals surface area contributed by atoms with Gasteiger partial charge in [-0.15, -0.1) is 11.3 Å². The van der Waals surface area contributed by atoms with Gasteiger partial charge in [0.05, 0.1) is 10.6 Å². The molecule has 0 aliphatic carbocycles. The second kappa shape index (κ2) is 7.07. The van der Waals surface area contributed by atoms with E-state index in [2.05, 4.69) is 15.6 Å². The van der Waals surface area contributed by atoms with Crippen molar-refractivity contribution < 1.29 is 4.79 Å². The Morgan fingerprint density at radius 2 is 2.09 bits per heavy atom. The number of pyridine rings is 1. The largest absolute Gasteiger partial charge is 0.334 e. The molecule has 4 nitrogen and oxygen atoms in total. The highest BCUT2D eigenvalue weighted by Crippen LogP contribution is 2.22. The molecule has 0 aliphatic heterocycles. The lowest BCUT2D eigenvalue weighted by Gasteiger charge is -2.09. The van der Waals surface area contributed by atoms with Gasteiger partial charge in [0.25, 0.3) is 0 Å². The van der Waals surface area contributed by atoms with E-state index in [1.54, 1.807) is 17.5 Å². The maximum absolute atomic E-state index is 12.0. The Labute approximate surface area is 139 Å². The molecule has 0 saturated heterocycles. The predicted molar refractivity (Wildman–Crippen MR) is 94.6 cm³/mol. The van der Waals surface area contributed by atoms with Gasteiger partial charge >= 0.3 is 6.03 Å². The number of rotatable bonds is 4. The lowest BCUT2D eigenvalue weighted by Crippen LogP contribution is -2.28. The number of urea groups is 1. The van der Waals surface area contributed by atoms with E-state index in [0.29, 0.717) is 6.54 Å². The number of aryl methyl sites for hydroxylation is 1. The van der Waals surface area contributed by atoms with E-state index in [1.807, 2.05) is 60.8 Å². The van der Waals surface area contributed by atoms with Gasteiger partial charge in [-0.3, -0.25) is 4.98 Å². The average Bonchev–Trinajstić information content (AvgIpc) is 3.08. The van der Waals surface area contributed by atoms with E-state index in [-0.39, 0.29) is 6.03 Å². The zero-order valence-electron chi connectivity index (χ0n) is 12.7. The third kappa shape index (κ3) is 4.17.